The highest BCUT2D eigenvalue weighted by Gasteiger charge is 2.15. The van der Waals surface area contributed by atoms with Gasteiger partial charge in [0.05, 0.1) is 28.1 Å². The molecule has 1 aromatic carbocycles. The van der Waals surface area contributed by atoms with Crippen molar-refractivity contribution in [3.63, 3.8) is 0 Å². The fourth-order valence-electron chi connectivity index (χ4n) is 2.71. The lowest BCUT2D eigenvalue weighted by atomic mass is 10.2. The van der Waals surface area contributed by atoms with Crippen molar-refractivity contribution in [3.05, 3.63) is 56.5 Å². The van der Waals surface area contributed by atoms with Crippen LogP contribution < -0.4 is 10.9 Å². The SMILES string of the molecule is CCCn1c(SCC(=O)c2ccc(CNC(C)=O)s2)nc2ccccc2c1=O. The molecule has 0 aliphatic heterocycles. The topological polar surface area (TPSA) is 81.1 Å². The Morgan fingerprint density at radius 2 is 2.00 bits per heavy atom. The Morgan fingerprint density at radius 3 is 2.75 bits per heavy atom. The number of fused-ring (bicyclic) bond motifs is 1. The molecule has 0 radical (unpaired) electrons. The zero-order valence-corrected chi connectivity index (χ0v) is 17.4. The third-order valence-corrected chi connectivity index (χ3v) is 6.16. The Morgan fingerprint density at radius 1 is 1.21 bits per heavy atom. The molecule has 146 valence electrons. The minimum absolute atomic E-state index is 0.0190. The Kier molecular flexibility index (Phi) is 6.64. The molecule has 6 nitrogen and oxygen atoms in total. The van der Waals surface area contributed by atoms with E-state index in [1.807, 2.05) is 31.2 Å². The van der Waals surface area contributed by atoms with Gasteiger partial charge in [-0.15, -0.1) is 11.3 Å². The molecular formula is C20H21N3O3S2. The van der Waals surface area contributed by atoms with E-state index in [2.05, 4.69) is 10.3 Å². The van der Waals surface area contributed by atoms with E-state index in [0.29, 0.717) is 34.0 Å². The lowest BCUT2D eigenvalue weighted by Crippen LogP contribution is -2.23. The quantitative estimate of drug-likeness (QED) is 0.346. The zero-order valence-electron chi connectivity index (χ0n) is 15.7. The summed E-state index contributed by atoms with van der Waals surface area (Å²) >= 11 is 2.66. The Bertz CT molecular complexity index is 1070. The van der Waals surface area contributed by atoms with E-state index >= 15 is 0 Å². The second-order valence-electron chi connectivity index (χ2n) is 6.26. The van der Waals surface area contributed by atoms with Crippen LogP contribution in [0.5, 0.6) is 0 Å². The van der Waals surface area contributed by atoms with E-state index in [0.717, 1.165) is 11.3 Å². The predicted octanol–water partition coefficient (Wildman–Crippen LogP) is 3.48. The Balaban J connectivity index is 1.77. The number of amides is 1. The first-order valence-corrected chi connectivity index (χ1v) is 10.8. The molecule has 0 spiro atoms. The third-order valence-electron chi connectivity index (χ3n) is 4.05. The van der Waals surface area contributed by atoms with E-state index in [-0.39, 0.29) is 23.0 Å². The molecule has 8 heteroatoms. The van der Waals surface area contributed by atoms with Crippen molar-refractivity contribution in [1.29, 1.82) is 0 Å². The third kappa shape index (κ3) is 4.69. The van der Waals surface area contributed by atoms with Gasteiger partial charge in [-0.05, 0) is 30.7 Å². The average molecular weight is 416 g/mol. The van der Waals surface area contributed by atoms with Crippen LogP contribution in [0.4, 0.5) is 0 Å². The van der Waals surface area contributed by atoms with Crippen LogP contribution in [0.3, 0.4) is 0 Å². The van der Waals surface area contributed by atoms with E-state index in [4.69, 9.17) is 0 Å². The molecule has 28 heavy (non-hydrogen) atoms. The number of carbonyl (C=O) groups excluding carboxylic acids is 2. The predicted molar refractivity (Wildman–Crippen MR) is 113 cm³/mol. The van der Waals surface area contributed by atoms with Crippen LogP contribution in [0.2, 0.25) is 0 Å². The normalized spacial score (nSPS) is 10.9. The number of carbonyl (C=O) groups is 2. The fourth-order valence-corrected chi connectivity index (χ4v) is 4.60. The van der Waals surface area contributed by atoms with Crippen LogP contribution in [-0.2, 0) is 17.9 Å². The lowest BCUT2D eigenvalue weighted by Gasteiger charge is -2.11. The van der Waals surface area contributed by atoms with Crippen molar-refractivity contribution in [2.24, 2.45) is 0 Å². The van der Waals surface area contributed by atoms with Gasteiger partial charge < -0.3 is 5.32 Å². The second kappa shape index (κ2) is 9.16. The summed E-state index contributed by atoms with van der Waals surface area (Å²) in [7, 11) is 0. The molecule has 0 aliphatic carbocycles. The number of rotatable bonds is 8. The molecule has 0 unspecified atom stereocenters. The van der Waals surface area contributed by atoms with E-state index in [1.165, 1.54) is 30.0 Å². The van der Waals surface area contributed by atoms with Gasteiger partial charge in [-0.3, -0.25) is 19.0 Å². The minimum atomic E-state index is -0.104. The number of thiophene rings is 1. The summed E-state index contributed by atoms with van der Waals surface area (Å²) in [5.74, 6) is 0.0804. The van der Waals surface area contributed by atoms with Crippen LogP contribution in [0.25, 0.3) is 10.9 Å². The van der Waals surface area contributed by atoms with Gasteiger partial charge in [-0.1, -0.05) is 30.8 Å². The Labute approximate surface area is 171 Å². The molecule has 0 fully saturated rings. The maximum atomic E-state index is 12.8. The monoisotopic (exact) mass is 415 g/mol. The van der Waals surface area contributed by atoms with Crippen LogP contribution in [0, 0.1) is 0 Å². The number of ketones is 1. The fraction of sp³-hybridized carbons (Fsp3) is 0.300. The molecule has 2 heterocycles. The van der Waals surface area contributed by atoms with Crippen molar-refractivity contribution < 1.29 is 9.59 Å². The smallest absolute Gasteiger partial charge is 0.262 e. The maximum Gasteiger partial charge on any atom is 0.262 e. The molecule has 2 aromatic heterocycles. The van der Waals surface area contributed by atoms with Crippen molar-refractivity contribution in [2.75, 3.05) is 5.75 Å². The number of nitrogens with zero attached hydrogens (tertiary/aromatic N) is 2. The van der Waals surface area contributed by atoms with E-state index < -0.39 is 0 Å². The number of hydrogen-bond acceptors (Lipinski definition) is 6. The van der Waals surface area contributed by atoms with E-state index in [1.54, 1.807) is 16.7 Å². The number of Topliss-reactive ketones (excluding diaryl/α,β-unsaturated/α-hetero) is 1. The summed E-state index contributed by atoms with van der Waals surface area (Å²) in [6.45, 7) is 4.45. The Hall–Kier alpha value is -2.45. The first-order valence-electron chi connectivity index (χ1n) is 8.98. The molecule has 0 aliphatic rings. The first kappa shape index (κ1) is 20.3. The van der Waals surface area contributed by atoms with Crippen molar-refractivity contribution >= 4 is 45.7 Å². The van der Waals surface area contributed by atoms with Crippen molar-refractivity contribution in [1.82, 2.24) is 14.9 Å². The number of hydrogen-bond donors (Lipinski definition) is 1. The molecular weight excluding hydrogens is 394 g/mol. The average Bonchev–Trinajstić information content (AvgIpc) is 3.16. The lowest BCUT2D eigenvalue weighted by molar-refractivity contribution is -0.119. The molecule has 0 saturated heterocycles. The molecule has 3 aromatic rings. The number of nitrogens with one attached hydrogen (secondary N) is 1. The molecule has 3 rings (SSSR count). The van der Waals surface area contributed by atoms with Crippen LogP contribution in [0.15, 0.2) is 46.3 Å². The molecule has 0 saturated carbocycles. The number of para-hydroxylation sites is 1. The van der Waals surface area contributed by atoms with E-state index in [9.17, 15) is 14.4 Å². The van der Waals surface area contributed by atoms with Gasteiger partial charge in [0, 0.05) is 18.3 Å². The molecule has 1 N–H and O–H groups in total. The summed E-state index contributed by atoms with van der Waals surface area (Å²) in [6.07, 6.45) is 0.804. The molecule has 0 bridgehead atoms. The first-order chi connectivity index (χ1) is 13.5. The zero-order chi connectivity index (χ0) is 20.1. The summed E-state index contributed by atoms with van der Waals surface area (Å²) < 4.78 is 1.65. The maximum absolute atomic E-state index is 12.8. The molecule has 0 atom stereocenters. The summed E-state index contributed by atoms with van der Waals surface area (Å²) in [4.78, 5) is 42.5. The van der Waals surface area contributed by atoms with Gasteiger partial charge in [-0.25, -0.2) is 4.98 Å². The highest BCUT2D eigenvalue weighted by Crippen LogP contribution is 2.22. The van der Waals surface area contributed by atoms with Crippen molar-refractivity contribution in [2.45, 2.75) is 38.5 Å². The number of benzene rings is 1. The van der Waals surface area contributed by atoms with Gasteiger partial charge >= 0.3 is 0 Å². The van der Waals surface area contributed by atoms with Crippen LogP contribution in [0.1, 0.15) is 34.8 Å². The van der Waals surface area contributed by atoms with Crippen LogP contribution in [-0.4, -0.2) is 27.0 Å². The highest BCUT2D eigenvalue weighted by molar-refractivity contribution is 7.99. The van der Waals surface area contributed by atoms with Crippen LogP contribution >= 0.6 is 23.1 Å². The summed E-state index contributed by atoms with van der Waals surface area (Å²) in [5, 5.41) is 3.88. The summed E-state index contributed by atoms with van der Waals surface area (Å²) in [6, 6.07) is 10.9. The van der Waals surface area contributed by atoms with Crippen molar-refractivity contribution in [3.8, 4) is 0 Å². The van der Waals surface area contributed by atoms with Gasteiger partial charge in [0.1, 0.15) is 0 Å². The number of thioether (sulfide) groups is 1. The van der Waals surface area contributed by atoms with Gasteiger partial charge in [-0.2, -0.15) is 0 Å². The van der Waals surface area contributed by atoms with Gasteiger partial charge in [0.15, 0.2) is 10.9 Å². The largest absolute Gasteiger partial charge is 0.351 e. The van der Waals surface area contributed by atoms with Gasteiger partial charge in [0.2, 0.25) is 5.91 Å². The highest BCUT2D eigenvalue weighted by atomic mass is 32.2. The van der Waals surface area contributed by atoms with Gasteiger partial charge in [0.25, 0.3) is 5.56 Å². The second-order valence-corrected chi connectivity index (χ2v) is 8.37. The molecule has 1 amide bonds. The minimum Gasteiger partial charge on any atom is -0.351 e. The summed E-state index contributed by atoms with van der Waals surface area (Å²) in [5.41, 5.74) is 0.569. The standard InChI is InChI=1S/C20H21N3O3S2/c1-3-10-23-19(26)15-6-4-5-7-16(15)22-20(23)27-12-17(25)18-9-8-14(28-18)11-21-13(2)24/h4-9H,3,10-12H2,1-2H3,(H,21,24). The number of aromatic nitrogens is 2.